The number of hydrogen-bond donors (Lipinski definition) is 1. The highest BCUT2D eigenvalue weighted by atomic mass is 19.1. The minimum Gasteiger partial charge on any atom is -0.480 e. The molecular formula is C14H18F2N2O2. The number of halogens is 2. The first-order valence-electron chi connectivity index (χ1n) is 6.60. The fourth-order valence-electron chi connectivity index (χ4n) is 2.53. The minimum atomic E-state index is -0.835. The molecule has 0 bridgehead atoms. The molecule has 0 amide bonds. The molecule has 1 atom stereocenters. The maximum Gasteiger partial charge on any atom is 0.317 e. The number of carboxylic acid groups (broad SMARTS) is 1. The standard InChI is InChI=1S/C14H18F2N2O2/c1-10(11-6-12(15)8-13(16)7-11)18-4-2-17(3-5-18)9-14(19)20/h6-8,10H,2-5,9H2,1H3,(H,19,20). The predicted octanol–water partition coefficient (Wildman–Crippen LogP) is 1.73. The summed E-state index contributed by atoms with van der Waals surface area (Å²) in [5.74, 6) is -1.98. The SMILES string of the molecule is CC(c1cc(F)cc(F)c1)N1CCN(CC(=O)O)CC1. The summed E-state index contributed by atoms with van der Waals surface area (Å²) in [6, 6.07) is 3.46. The van der Waals surface area contributed by atoms with Crippen molar-refractivity contribution in [2.75, 3.05) is 32.7 Å². The smallest absolute Gasteiger partial charge is 0.317 e. The van der Waals surface area contributed by atoms with E-state index in [1.165, 1.54) is 12.1 Å². The van der Waals surface area contributed by atoms with Crippen LogP contribution in [0.5, 0.6) is 0 Å². The number of piperazine rings is 1. The lowest BCUT2D eigenvalue weighted by atomic mass is 10.1. The zero-order valence-electron chi connectivity index (χ0n) is 11.4. The van der Waals surface area contributed by atoms with E-state index < -0.39 is 17.6 Å². The molecule has 4 nitrogen and oxygen atoms in total. The first-order chi connectivity index (χ1) is 9.45. The van der Waals surface area contributed by atoms with Crippen LogP contribution in [0.25, 0.3) is 0 Å². The Morgan fingerprint density at radius 2 is 1.75 bits per heavy atom. The van der Waals surface area contributed by atoms with Crippen molar-refractivity contribution < 1.29 is 18.7 Å². The van der Waals surface area contributed by atoms with Crippen LogP contribution in [0.15, 0.2) is 18.2 Å². The summed E-state index contributed by atoms with van der Waals surface area (Å²) < 4.78 is 26.5. The van der Waals surface area contributed by atoms with Crippen LogP contribution in [0.3, 0.4) is 0 Å². The Morgan fingerprint density at radius 1 is 1.20 bits per heavy atom. The number of carboxylic acids is 1. The van der Waals surface area contributed by atoms with Gasteiger partial charge >= 0.3 is 5.97 Å². The van der Waals surface area contributed by atoms with E-state index >= 15 is 0 Å². The molecule has 110 valence electrons. The van der Waals surface area contributed by atoms with Crippen molar-refractivity contribution in [2.24, 2.45) is 0 Å². The molecule has 1 aromatic rings. The average molecular weight is 284 g/mol. The second-order valence-electron chi connectivity index (χ2n) is 5.08. The van der Waals surface area contributed by atoms with Crippen LogP contribution < -0.4 is 0 Å². The molecule has 0 radical (unpaired) electrons. The maximum absolute atomic E-state index is 13.2. The summed E-state index contributed by atoms with van der Waals surface area (Å²) in [6.07, 6.45) is 0. The number of rotatable bonds is 4. The van der Waals surface area contributed by atoms with E-state index in [0.717, 1.165) is 6.07 Å². The topological polar surface area (TPSA) is 43.8 Å². The van der Waals surface area contributed by atoms with Crippen molar-refractivity contribution >= 4 is 5.97 Å². The molecule has 0 aromatic heterocycles. The van der Waals surface area contributed by atoms with Gasteiger partial charge in [0.2, 0.25) is 0 Å². The maximum atomic E-state index is 13.2. The molecule has 0 saturated carbocycles. The largest absolute Gasteiger partial charge is 0.480 e. The molecule has 0 aliphatic carbocycles. The van der Waals surface area contributed by atoms with E-state index in [0.29, 0.717) is 31.7 Å². The lowest BCUT2D eigenvalue weighted by Gasteiger charge is -2.37. The van der Waals surface area contributed by atoms with Crippen LogP contribution in [0.4, 0.5) is 8.78 Å². The second-order valence-corrected chi connectivity index (χ2v) is 5.08. The first-order valence-corrected chi connectivity index (χ1v) is 6.60. The Bertz CT molecular complexity index is 468. The molecule has 1 aliphatic heterocycles. The Kier molecular flexibility index (Phi) is 4.67. The highest BCUT2D eigenvalue weighted by Crippen LogP contribution is 2.23. The Hall–Kier alpha value is -1.53. The molecule has 1 aromatic carbocycles. The third-order valence-corrected chi connectivity index (χ3v) is 3.68. The van der Waals surface area contributed by atoms with Crippen LogP contribution in [-0.2, 0) is 4.79 Å². The van der Waals surface area contributed by atoms with Crippen molar-refractivity contribution in [1.29, 1.82) is 0 Å². The third kappa shape index (κ3) is 3.74. The zero-order chi connectivity index (χ0) is 14.7. The summed E-state index contributed by atoms with van der Waals surface area (Å²) in [7, 11) is 0. The van der Waals surface area contributed by atoms with Crippen LogP contribution in [0.1, 0.15) is 18.5 Å². The van der Waals surface area contributed by atoms with E-state index in [4.69, 9.17) is 5.11 Å². The zero-order valence-corrected chi connectivity index (χ0v) is 11.4. The number of nitrogens with zero attached hydrogens (tertiary/aromatic N) is 2. The fraction of sp³-hybridized carbons (Fsp3) is 0.500. The molecule has 20 heavy (non-hydrogen) atoms. The van der Waals surface area contributed by atoms with Crippen LogP contribution >= 0.6 is 0 Å². The highest BCUT2D eigenvalue weighted by molar-refractivity contribution is 5.69. The van der Waals surface area contributed by atoms with Crippen LogP contribution in [-0.4, -0.2) is 53.6 Å². The third-order valence-electron chi connectivity index (χ3n) is 3.68. The van der Waals surface area contributed by atoms with E-state index in [-0.39, 0.29) is 12.6 Å². The predicted molar refractivity (Wildman–Crippen MR) is 70.4 cm³/mol. The van der Waals surface area contributed by atoms with E-state index in [1.54, 1.807) is 0 Å². The number of aliphatic carboxylic acids is 1. The van der Waals surface area contributed by atoms with Gasteiger partial charge in [-0.05, 0) is 24.6 Å². The van der Waals surface area contributed by atoms with E-state index in [1.807, 2.05) is 11.8 Å². The lowest BCUT2D eigenvalue weighted by Crippen LogP contribution is -2.48. The molecule has 0 spiro atoms. The summed E-state index contributed by atoms with van der Waals surface area (Å²) in [5, 5.41) is 8.74. The lowest BCUT2D eigenvalue weighted by molar-refractivity contribution is -0.138. The average Bonchev–Trinajstić information content (AvgIpc) is 2.37. The molecule has 1 N–H and O–H groups in total. The van der Waals surface area contributed by atoms with Gasteiger partial charge in [0.15, 0.2) is 0 Å². The Balaban J connectivity index is 1.97. The fourth-order valence-corrected chi connectivity index (χ4v) is 2.53. The van der Waals surface area contributed by atoms with Gasteiger partial charge in [-0.3, -0.25) is 14.6 Å². The van der Waals surface area contributed by atoms with Crippen molar-refractivity contribution in [2.45, 2.75) is 13.0 Å². The van der Waals surface area contributed by atoms with Gasteiger partial charge in [0.05, 0.1) is 6.54 Å². The number of benzene rings is 1. The van der Waals surface area contributed by atoms with Gasteiger partial charge in [-0.1, -0.05) is 0 Å². The van der Waals surface area contributed by atoms with Crippen molar-refractivity contribution in [1.82, 2.24) is 9.80 Å². The molecule has 1 fully saturated rings. The van der Waals surface area contributed by atoms with Gasteiger partial charge < -0.3 is 5.11 Å². The Labute approximate surface area is 116 Å². The number of hydrogen-bond acceptors (Lipinski definition) is 3. The second kappa shape index (κ2) is 6.28. The molecule has 1 heterocycles. The van der Waals surface area contributed by atoms with Crippen LogP contribution in [0.2, 0.25) is 0 Å². The molecule has 1 unspecified atom stereocenters. The summed E-state index contributed by atoms with van der Waals surface area (Å²) >= 11 is 0. The van der Waals surface area contributed by atoms with Crippen molar-refractivity contribution in [3.63, 3.8) is 0 Å². The van der Waals surface area contributed by atoms with E-state index in [9.17, 15) is 13.6 Å². The van der Waals surface area contributed by atoms with E-state index in [2.05, 4.69) is 4.90 Å². The van der Waals surface area contributed by atoms with Gasteiger partial charge in [0, 0.05) is 38.3 Å². The van der Waals surface area contributed by atoms with Crippen LogP contribution in [0, 0.1) is 11.6 Å². The summed E-state index contributed by atoms with van der Waals surface area (Å²) in [5.41, 5.74) is 0.606. The van der Waals surface area contributed by atoms with Gasteiger partial charge in [-0.25, -0.2) is 8.78 Å². The first kappa shape index (κ1) is 14.9. The van der Waals surface area contributed by atoms with Gasteiger partial charge in [-0.15, -0.1) is 0 Å². The minimum absolute atomic E-state index is 0.0385. The normalized spacial score (nSPS) is 18.9. The monoisotopic (exact) mass is 284 g/mol. The summed E-state index contributed by atoms with van der Waals surface area (Å²) in [6.45, 7) is 4.61. The molecule has 1 aliphatic rings. The van der Waals surface area contributed by atoms with Crippen molar-refractivity contribution in [3.05, 3.63) is 35.4 Å². The molecule has 2 rings (SSSR count). The van der Waals surface area contributed by atoms with Gasteiger partial charge in [0.1, 0.15) is 11.6 Å². The molecule has 1 saturated heterocycles. The van der Waals surface area contributed by atoms with Gasteiger partial charge in [-0.2, -0.15) is 0 Å². The highest BCUT2D eigenvalue weighted by Gasteiger charge is 2.23. The van der Waals surface area contributed by atoms with Crippen molar-refractivity contribution in [3.8, 4) is 0 Å². The Morgan fingerprint density at radius 3 is 2.25 bits per heavy atom. The summed E-state index contributed by atoms with van der Waals surface area (Å²) in [4.78, 5) is 14.6. The van der Waals surface area contributed by atoms with Gasteiger partial charge in [0.25, 0.3) is 0 Å². The quantitative estimate of drug-likeness (QED) is 0.914. The molecular weight excluding hydrogens is 266 g/mol. The molecule has 6 heteroatoms. The number of carbonyl (C=O) groups is 1.